The van der Waals surface area contributed by atoms with Gasteiger partial charge in [0.2, 0.25) is 5.91 Å². The minimum absolute atomic E-state index is 0.0543. The lowest BCUT2D eigenvalue weighted by molar-refractivity contribution is -0.119. The minimum atomic E-state index is -0.0759. The molecule has 0 radical (unpaired) electrons. The molecule has 0 spiro atoms. The first-order valence-corrected chi connectivity index (χ1v) is 7.44. The SMILES string of the molecule is CCc1nc(NC(=O)C2NCCCC2C)sc1C. The van der Waals surface area contributed by atoms with Gasteiger partial charge in [-0.05, 0) is 38.6 Å². The molecule has 0 saturated carbocycles. The number of nitrogens with zero attached hydrogens (tertiary/aromatic N) is 1. The molecular formula is C13H21N3OS. The Morgan fingerprint density at radius 1 is 1.61 bits per heavy atom. The molecule has 2 unspecified atom stereocenters. The van der Waals surface area contributed by atoms with Crippen molar-refractivity contribution in [2.75, 3.05) is 11.9 Å². The number of aromatic nitrogens is 1. The summed E-state index contributed by atoms with van der Waals surface area (Å²) in [5, 5.41) is 6.96. The molecule has 1 amide bonds. The monoisotopic (exact) mass is 267 g/mol. The van der Waals surface area contributed by atoms with Crippen LogP contribution in [0.1, 0.15) is 37.3 Å². The van der Waals surface area contributed by atoms with Gasteiger partial charge in [-0.1, -0.05) is 13.8 Å². The smallest absolute Gasteiger partial charge is 0.243 e. The topological polar surface area (TPSA) is 54.0 Å². The summed E-state index contributed by atoms with van der Waals surface area (Å²) in [6.45, 7) is 7.19. The van der Waals surface area contributed by atoms with Gasteiger partial charge in [0.1, 0.15) is 0 Å². The lowest BCUT2D eigenvalue weighted by Crippen LogP contribution is -2.48. The molecule has 1 aromatic rings. The lowest BCUT2D eigenvalue weighted by Gasteiger charge is -2.28. The van der Waals surface area contributed by atoms with E-state index in [1.54, 1.807) is 11.3 Å². The van der Waals surface area contributed by atoms with Crippen molar-refractivity contribution >= 4 is 22.4 Å². The Labute approximate surface area is 112 Å². The molecule has 5 heteroatoms. The first-order valence-electron chi connectivity index (χ1n) is 6.62. The lowest BCUT2D eigenvalue weighted by atomic mass is 9.92. The number of nitrogens with one attached hydrogen (secondary N) is 2. The van der Waals surface area contributed by atoms with Gasteiger partial charge in [-0.25, -0.2) is 4.98 Å². The molecule has 18 heavy (non-hydrogen) atoms. The summed E-state index contributed by atoms with van der Waals surface area (Å²) in [6.07, 6.45) is 3.18. The molecule has 2 N–H and O–H groups in total. The number of piperidine rings is 1. The highest BCUT2D eigenvalue weighted by Crippen LogP contribution is 2.23. The van der Waals surface area contributed by atoms with Crippen LogP contribution in [0.2, 0.25) is 0 Å². The van der Waals surface area contributed by atoms with Crippen LogP contribution in [-0.2, 0) is 11.2 Å². The van der Waals surface area contributed by atoms with Gasteiger partial charge in [0.25, 0.3) is 0 Å². The van der Waals surface area contributed by atoms with Crippen molar-refractivity contribution in [1.82, 2.24) is 10.3 Å². The Morgan fingerprint density at radius 2 is 2.39 bits per heavy atom. The van der Waals surface area contributed by atoms with Crippen molar-refractivity contribution in [2.45, 2.75) is 46.1 Å². The Morgan fingerprint density at radius 3 is 3.00 bits per heavy atom. The van der Waals surface area contributed by atoms with E-state index in [1.165, 1.54) is 4.88 Å². The fraction of sp³-hybridized carbons (Fsp3) is 0.692. The molecule has 2 rings (SSSR count). The summed E-state index contributed by atoms with van der Waals surface area (Å²) in [5.74, 6) is 0.448. The summed E-state index contributed by atoms with van der Waals surface area (Å²) < 4.78 is 0. The van der Waals surface area contributed by atoms with Crippen molar-refractivity contribution in [3.8, 4) is 0 Å². The molecule has 100 valence electrons. The van der Waals surface area contributed by atoms with Gasteiger partial charge in [0, 0.05) is 4.88 Å². The summed E-state index contributed by atoms with van der Waals surface area (Å²) in [5.41, 5.74) is 1.08. The maximum atomic E-state index is 12.2. The summed E-state index contributed by atoms with van der Waals surface area (Å²) in [6, 6.07) is -0.0759. The van der Waals surface area contributed by atoms with Crippen LogP contribution >= 0.6 is 11.3 Å². The third-order valence-electron chi connectivity index (χ3n) is 3.51. The Kier molecular flexibility index (Phi) is 4.35. The quantitative estimate of drug-likeness (QED) is 0.884. The van der Waals surface area contributed by atoms with Crippen LogP contribution in [0.25, 0.3) is 0 Å². The summed E-state index contributed by atoms with van der Waals surface area (Å²) >= 11 is 1.56. The third-order valence-corrected chi connectivity index (χ3v) is 4.44. The highest BCUT2D eigenvalue weighted by atomic mass is 32.1. The van der Waals surface area contributed by atoms with Crippen molar-refractivity contribution in [1.29, 1.82) is 0 Å². The zero-order chi connectivity index (χ0) is 13.1. The standard InChI is InChI=1S/C13H21N3OS/c1-4-10-9(3)18-13(15-10)16-12(17)11-8(2)6-5-7-14-11/h8,11,14H,4-7H2,1-3H3,(H,15,16,17). The van der Waals surface area contributed by atoms with E-state index >= 15 is 0 Å². The predicted octanol–water partition coefficient (Wildman–Crippen LogP) is 2.34. The molecule has 1 aliphatic rings. The van der Waals surface area contributed by atoms with Crippen LogP contribution in [0.3, 0.4) is 0 Å². The number of anilines is 1. The first-order chi connectivity index (χ1) is 8.61. The van der Waals surface area contributed by atoms with E-state index < -0.39 is 0 Å². The normalized spacial score (nSPS) is 23.9. The zero-order valence-electron chi connectivity index (χ0n) is 11.2. The average Bonchev–Trinajstić information content (AvgIpc) is 2.69. The zero-order valence-corrected chi connectivity index (χ0v) is 12.1. The maximum absolute atomic E-state index is 12.2. The second-order valence-electron chi connectivity index (χ2n) is 4.92. The van der Waals surface area contributed by atoms with E-state index in [9.17, 15) is 4.79 Å². The van der Waals surface area contributed by atoms with E-state index in [1.807, 2.05) is 6.92 Å². The van der Waals surface area contributed by atoms with Crippen LogP contribution < -0.4 is 10.6 Å². The van der Waals surface area contributed by atoms with Gasteiger partial charge in [0.15, 0.2) is 5.13 Å². The molecule has 2 heterocycles. The van der Waals surface area contributed by atoms with Crippen molar-refractivity contribution in [3.05, 3.63) is 10.6 Å². The molecule has 1 aromatic heterocycles. The maximum Gasteiger partial charge on any atom is 0.243 e. The Balaban J connectivity index is 2.01. The number of rotatable bonds is 3. The van der Waals surface area contributed by atoms with E-state index in [-0.39, 0.29) is 11.9 Å². The van der Waals surface area contributed by atoms with Gasteiger partial charge < -0.3 is 10.6 Å². The second kappa shape index (κ2) is 5.80. The summed E-state index contributed by atoms with van der Waals surface area (Å²) in [7, 11) is 0. The fourth-order valence-electron chi connectivity index (χ4n) is 2.39. The van der Waals surface area contributed by atoms with E-state index in [4.69, 9.17) is 0 Å². The third kappa shape index (κ3) is 2.90. The van der Waals surface area contributed by atoms with E-state index in [0.29, 0.717) is 5.92 Å². The number of thiazole rings is 1. The van der Waals surface area contributed by atoms with Crippen LogP contribution in [0.4, 0.5) is 5.13 Å². The largest absolute Gasteiger partial charge is 0.306 e. The van der Waals surface area contributed by atoms with E-state index in [0.717, 1.165) is 36.6 Å². The number of aryl methyl sites for hydroxylation is 2. The number of hydrogen-bond donors (Lipinski definition) is 2. The average molecular weight is 267 g/mol. The number of carbonyl (C=O) groups is 1. The van der Waals surface area contributed by atoms with Crippen LogP contribution in [-0.4, -0.2) is 23.5 Å². The highest BCUT2D eigenvalue weighted by molar-refractivity contribution is 7.15. The van der Waals surface area contributed by atoms with Crippen LogP contribution in [0.15, 0.2) is 0 Å². The van der Waals surface area contributed by atoms with Crippen LogP contribution in [0, 0.1) is 12.8 Å². The van der Waals surface area contributed by atoms with Gasteiger partial charge in [-0.2, -0.15) is 0 Å². The Bertz CT molecular complexity index is 430. The molecule has 0 aromatic carbocycles. The minimum Gasteiger partial charge on any atom is -0.306 e. The molecule has 2 atom stereocenters. The Hall–Kier alpha value is -0.940. The molecule has 1 aliphatic heterocycles. The first kappa shape index (κ1) is 13.5. The fourth-order valence-corrected chi connectivity index (χ4v) is 3.30. The molecule has 4 nitrogen and oxygen atoms in total. The second-order valence-corrected chi connectivity index (χ2v) is 6.12. The molecule has 1 saturated heterocycles. The number of amides is 1. The van der Waals surface area contributed by atoms with Gasteiger partial charge in [-0.15, -0.1) is 11.3 Å². The molecule has 0 aliphatic carbocycles. The van der Waals surface area contributed by atoms with Crippen molar-refractivity contribution < 1.29 is 4.79 Å². The van der Waals surface area contributed by atoms with Crippen molar-refractivity contribution in [2.24, 2.45) is 5.92 Å². The van der Waals surface area contributed by atoms with Gasteiger partial charge in [0.05, 0.1) is 11.7 Å². The summed E-state index contributed by atoms with van der Waals surface area (Å²) in [4.78, 5) is 17.8. The van der Waals surface area contributed by atoms with Gasteiger partial charge >= 0.3 is 0 Å². The van der Waals surface area contributed by atoms with Crippen molar-refractivity contribution in [3.63, 3.8) is 0 Å². The molecule has 0 bridgehead atoms. The molecular weight excluding hydrogens is 246 g/mol. The predicted molar refractivity (Wildman–Crippen MR) is 75.0 cm³/mol. The van der Waals surface area contributed by atoms with E-state index in [2.05, 4.69) is 29.5 Å². The number of carbonyl (C=O) groups excluding carboxylic acids is 1. The van der Waals surface area contributed by atoms with Gasteiger partial charge in [-0.3, -0.25) is 4.79 Å². The highest BCUT2D eigenvalue weighted by Gasteiger charge is 2.27. The van der Waals surface area contributed by atoms with Crippen LogP contribution in [0.5, 0.6) is 0 Å². The molecule has 1 fully saturated rings. The number of hydrogen-bond acceptors (Lipinski definition) is 4.